The summed E-state index contributed by atoms with van der Waals surface area (Å²) in [5.74, 6) is 0. The van der Waals surface area contributed by atoms with Gasteiger partial charge in [-0.2, -0.15) is 0 Å². The van der Waals surface area contributed by atoms with Gasteiger partial charge in [0.05, 0.1) is 22.9 Å². The number of rotatable bonds is 4. The maximum Gasteiger partial charge on any atom is 0.0947 e. The molecule has 0 aliphatic carbocycles. The van der Waals surface area contributed by atoms with Gasteiger partial charge in [0, 0.05) is 10.9 Å². The van der Waals surface area contributed by atoms with Crippen LogP contribution in [0.2, 0.25) is 0 Å². The standard InChI is InChI=1S/C48H32N2/c1-2-9-36-29-40(23-18-31(36)8-1)46-27-25-35-22-21-34-24-26-45(49-47(34)48(35)50-46)39-12-7-11-37(28-39)32-16-19-33(20-17-32)44-30-38-10-3-4-13-41(38)42-14-5-6-15-43(42)44/h1-30,46,50H. The van der Waals surface area contributed by atoms with Crippen molar-refractivity contribution in [3.63, 3.8) is 0 Å². The molecule has 0 spiro atoms. The molecule has 8 aromatic carbocycles. The Morgan fingerprint density at radius 2 is 1.14 bits per heavy atom. The number of benzene rings is 8. The van der Waals surface area contributed by atoms with Crippen LogP contribution in [0.5, 0.6) is 0 Å². The van der Waals surface area contributed by atoms with Crippen molar-refractivity contribution in [3.05, 3.63) is 187 Å². The van der Waals surface area contributed by atoms with Crippen molar-refractivity contribution in [2.75, 3.05) is 5.32 Å². The molecule has 0 amide bonds. The van der Waals surface area contributed by atoms with E-state index in [9.17, 15) is 0 Å². The molecular weight excluding hydrogens is 605 g/mol. The van der Waals surface area contributed by atoms with Gasteiger partial charge in [-0.25, -0.2) is 4.98 Å². The molecule has 2 heterocycles. The number of hydrogen-bond acceptors (Lipinski definition) is 2. The quantitative estimate of drug-likeness (QED) is 0.194. The van der Waals surface area contributed by atoms with Crippen LogP contribution in [0.15, 0.2) is 176 Å². The molecule has 1 unspecified atom stereocenters. The van der Waals surface area contributed by atoms with Crippen LogP contribution in [0, 0.1) is 0 Å². The van der Waals surface area contributed by atoms with E-state index in [0.717, 1.165) is 33.4 Å². The summed E-state index contributed by atoms with van der Waals surface area (Å²) in [5.41, 5.74) is 11.4. The van der Waals surface area contributed by atoms with Crippen molar-refractivity contribution in [2.24, 2.45) is 0 Å². The van der Waals surface area contributed by atoms with Crippen molar-refractivity contribution in [2.45, 2.75) is 6.04 Å². The van der Waals surface area contributed by atoms with Gasteiger partial charge in [0.2, 0.25) is 0 Å². The van der Waals surface area contributed by atoms with E-state index in [1.54, 1.807) is 0 Å². The molecule has 1 aromatic heterocycles. The molecule has 9 aromatic rings. The molecule has 0 saturated carbocycles. The van der Waals surface area contributed by atoms with Gasteiger partial charge < -0.3 is 5.32 Å². The Kier molecular flexibility index (Phi) is 6.60. The Labute approximate surface area is 291 Å². The first-order valence-electron chi connectivity index (χ1n) is 17.2. The molecule has 1 aliphatic rings. The normalized spacial score (nSPS) is 13.9. The monoisotopic (exact) mass is 636 g/mol. The number of aromatic nitrogens is 1. The fourth-order valence-corrected chi connectivity index (χ4v) is 7.65. The molecular formula is C48H32N2. The number of hydrogen-bond donors (Lipinski definition) is 1. The SMILES string of the molecule is C1=CC(c2ccc3ccccc3c2)Nc2c1ccc1ccc(-c3cccc(-c4ccc(-c5cc6ccccc6c6ccccc56)cc4)c3)nc21. The van der Waals surface area contributed by atoms with E-state index in [4.69, 9.17) is 4.98 Å². The molecule has 1 aliphatic heterocycles. The van der Waals surface area contributed by atoms with Crippen LogP contribution in [-0.4, -0.2) is 4.98 Å². The van der Waals surface area contributed by atoms with Crippen molar-refractivity contribution in [1.82, 2.24) is 4.98 Å². The van der Waals surface area contributed by atoms with E-state index >= 15 is 0 Å². The number of pyridine rings is 1. The maximum absolute atomic E-state index is 5.28. The van der Waals surface area contributed by atoms with E-state index in [1.807, 2.05) is 0 Å². The Hall–Kier alpha value is -6.51. The van der Waals surface area contributed by atoms with Gasteiger partial charge in [-0.3, -0.25) is 0 Å². The lowest BCUT2D eigenvalue weighted by Gasteiger charge is -2.24. The van der Waals surface area contributed by atoms with Crippen LogP contribution in [0.1, 0.15) is 17.2 Å². The summed E-state index contributed by atoms with van der Waals surface area (Å²) in [5, 5.41) is 12.6. The molecule has 234 valence electrons. The van der Waals surface area contributed by atoms with Crippen molar-refractivity contribution in [1.29, 1.82) is 0 Å². The Morgan fingerprint density at radius 3 is 2.02 bits per heavy atom. The molecule has 2 nitrogen and oxygen atoms in total. The second kappa shape index (κ2) is 11.6. The minimum absolute atomic E-state index is 0.0714. The molecule has 1 N–H and O–H groups in total. The third kappa shape index (κ3) is 4.84. The van der Waals surface area contributed by atoms with Gasteiger partial charge in [0.25, 0.3) is 0 Å². The predicted octanol–water partition coefficient (Wildman–Crippen LogP) is 12.9. The highest BCUT2D eigenvalue weighted by atomic mass is 14.9. The second-order valence-electron chi connectivity index (χ2n) is 13.2. The molecule has 10 rings (SSSR count). The Balaban J connectivity index is 0.984. The fourth-order valence-electron chi connectivity index (χ4n) is 7.65. The molecule has 0 saturated heterocycles. The third-order valence-corrected chi connectivity index (χ3v) is 10.3. The lowest BCUT2D eigenvalue weighted by atomic mass is 9.92. The second-order valence-corrected chi connectivity index (χ2v) is 13.2. The van der Waals surface area contributed by atoms with Crippen LogP contribution in [0.4, 0.5) is 5.69 Å². The van der Waals surface area contributed by atoms with Crippen molar-refractivity contribution >= 4 is 55.0 Å². The highest BCUT2D eigenvalue weighted by Gasteiger charge is 2.19. The fraction of sp³-hybridized carbons (Fsp3) is 0.0208. The average molecular weight is 637 g/mol. The minimum Gasteiger partial charge on any atom is -0.372 e. The number of nitrogens with one attached hydrogen (secondary N) is 1. The highest BCUT2D eigenvalue weighted by Crippen LogP contribution is 2.38. The Morgan fingerprint density at radius 1 is 0.440 bits per heavy atom. The average Bonchev–Trinajstić information content (AvgIpc) is 3.20. The minimum atomic E-state index is 0.0714. The molecule has 1 atom stereocenters. The summed E-state index contributed by atoms with van der Waals surface area (Å²) in [4.78, 5) is 5.28. The zero-order valence-electron chi connectivity index (χ0n) is 27.3. The third-order valence-electron chi connectivity index (χ3n) is 10.3. The van der Waals surface area contributed by atoms with Gasteiger partial charge in [0.15, 0.2) is 0 Å². The van der Waals surface area contributed by atoms with Crippen molar-refractivity contribution < 1.29 is 0 Å². The van der Waals surface area contributed by atoms with E-state index in [2.05, 4.69) is 187 Å². The highest BCUT2D eigenvalue weighted by molar-refractivity contribution is 6.13. The topological polar surface area (TPSA) is 24.9 Å². The first kappa shape index (κ1) is 28.5. The van der Waals surface area contributed by atoms with Crippen LogP contribution >= 0.6 is 0 Å². The molecule has 2 heteroatoms. The lowest BCUT2D eigenvalue weighted by Crippen LogP contribution is -2.13. The van der Waals surface area contributed by atoms with Crippen LogP contribution < -0.4 is 5.32 Å². The zero-order valence-corrected chi connectivity index (χ0v) is 27.3. The molecule has 0 bridgehead atoms. The molecule has 50 heavy (non-hydrogen) atoms. The van der Waals surface area contributed by atoms with Gasteiger partial charge in [-0.1, -0.05) is 158 Å². The van der Waals surface area contributed by atoms with E-state index in [0.29, 0.717) is 0 Å². The van der Waals surface area contributed by atoms with E-state index in [1.165, 1.54) is 60.1 Å². The summed E-state index contributed by atoms with van der Waals surface area (Å²) in [6.45, 7) is 0. The first-order chi connectivity index (χ1) is 24.7. The van der Waals surface area contributed by atoms with E-state index < -0.39 is 0 Å². The van der Waals surface area contributed by atoms with Gasteiger partial charge in [-0.15, -0.1) is 0 Å². The largest absolute Gasteiger partial charge is 0.372 e. The number of fused-ring (bicyclic) bond motifs is 7. The van der Waals surface area contributed by atoms with Crippen LogP contribution in [0.3, 0.4) is 0 Å². The van der Waals surface area contributed by atoms with Crippen LogP contribution in [0.25, 0.3) is 82.8 Å². The molecule has 0 radical (unpaired) electrons. The number of nitrogens with zero attached hydrogens (tertiary/aromatic N) is 1. The lowest BCUT2D eigenvalue weighted by molar-refractivity contribution is 0.984. The Bertz CT molecular complexity index is 2790. The summed E-state index contributed by atoms with van der Waals surface area (Å²) >= 11 is 0. The van der Waals surface area contributed by atoms with Crippen LogP contribution in [-0.2, 0) is 0 Å². The summed E-state index contributed by atoms with van der Waals surface area (Å²) < 4.78 is 0. The van der Waals surface area contributed by atoms with Gasteiger partial charge in [0.1, 0.15) is 0 Å². The molecule has 0 fully saturated rings. The summed E-state index contributed by atoms with van der Waals surface area (Å²) in [6.07, 6.45) is 4.48. The van der Waals surface area contributed by atoms with Gasteiger partial charge in [-0.05, 0) is 90.0 Å². The predicted molar refractivity (Wildman–Crippen MR) is 212 cm³/mol. The van der Waals surface area contributed by atoms with Crippen molar-refractivity contribution in [3.8, 4) is 33.5 Å². The van der Waals surface area contributed by atoms with Gasteiger partial charge >= 0.3 is 0 Å². The zero-order chi connectivity index (χ0) is 33.0. The first-order valence-corrected chi connectivity index (χ1v) is 17.2. The smallest absolute Gasteiger partial charge is 0.0947 e. The van der Waals surface area contributed by atoms with E-state index in [-0.39, 0.29) is 6.04 Å². The number of anilines is 1. The summed E-state index contributed by atoms with van der Waals surface area (Å²) in [7, 11) is 0. The summed E-state index contributed by atoms with van der Waals surface area (Å²) in [6, 6.07) is 61.5. The maximum atomic E-state index is 5.28.